The number of aromatic nitrogens is 3. The van der Waals surface area contributed by atoms with Gasteiger partial charge in [0.1, 0.15) is 0 Å². The molecule has 0 fully saturated rings. The van der Waals surface area contributed by atoms with Gasteiger partial charge in [0.05, 0.1) is 17.1 Å². The average molecular weight is 215 g/mol. The first-order valence-electron chi connectivity index (χ1n) is 4.26. The molecule has 0 amide bonds. The highest BCUT2D eigenvalue weighted by Crippen LogP contribution is 2.34. The molecule has 15 heavy (non-hydrogen) atoms. The molecule has 0 saturated heterocycles. The molecule has 0 aromatic carbocycles. The highest BCUT2D eigenvalue weighted by Gasteiger charge is 2.33. The third-order valence-corrected chi connectivity index (χ3v) is 2.14. The Labute approximate surface area is 83.5 Å². The lowest BCUT2D eigenvalue weighted by atomic mass is 10.1. The Morgan fingerprint density at radius 2 is 2.00 bits per heavy atom. The van der Waals surface area contributed by atoms with E-state index in [4.69, 9.17) is 0 Å². The van der Waals surface area contributed by atoms with Crippen LogP contribution in [0.4, 0.5) is 13.2 Å². The first kappa shape index (κ1) is 9.95. The van der Waals surface area contributed by atoms with Gasteiger partial charge in [-0.3, -0.25) is 4.68 Å². The molecule has 2 heterocycles. The van der Waals surface area contributed by atoms with Gasteiger partial charge in [-0.2, -0.15) is 18.3 Å². The van der Waals surface area contributed by atoms with E-state index in [9.17, 15) is 13.2 Å². The van der Waals surface area contributed by atoms with Gasteiger partial charge in [0.2, 0.25) is 0 Å². The van der Waals surface area contributed by atoms with E-state index < -0.39 is 11.7 Å². The van der Waals surface area contributed by atoms with Crippen molar-refractivity contribution in [3.8, 4) is 0 Å². The number of pyridine rings is 1. The first-order valence-corrected chi connectivity index (χ1v) is 4.26. The minimum absolute atomic E-state index is 0.0376. The van der Waals surface area contributed by atoms with Gasteiger partial charge >= 0.3 is 6.18 Å². The van der Waals surface area contributed by atoms with Gasteiger partial charge in [0.15, 0.2) is 5.65 Å². The smallest absolute Gasteiger partial charge is 0.250 e. The predicted molar refractivity (Wildman–Crippen MR) is 48.2 cm³/mol. The molecule has 0 aliphatic carbocycles. The molecule has 0 bridgehead atoms. The van der Waals surface area contributed by atoms with Crippen LogP contribution in [0.25, 0.3) is 11.0 Å². The summed E-state index contributed by atoms with van der Waals surface area (Å²) in [4.78, 5) is 4.01. The lowest BCUT2D eigenvalue weighted by molar-refractivity contribution is -0.136. The fourth-order valence-electron chi connectivity index (χ4n) is 1.47. The lowest BCUT2D eigenvalue weighted by Gasteiger charge is -2.08. The fraction of sp³-hybridized carbons (Fsp3) is 0.333. The SMILES string of the molecule is Cc1cc(C(F)(F)F)c2cnn(C)c2n1. The molecule has 0 atom stereocenters. The van der Waals surface area contributed by atoms with E-state index in [1.165, 1.54) is 17.8 Å². The Hall–Kier alpha value is -1.59. The molecule has 0 N–H and O–H groups in total. The average Bonchev–Trinajstić information content (AvgIpc) is 2.45. The molecule has 2 rings (SSSR count). The fourth-order valence-corrected chi connectivity index (χ4v) is 1.47. The summed E-state index contributed by atoms with van der Waals surface area (Å²) in [6.45, 7) is 1.53. The van der Waals surface area contributed by atoms with Gasteiger partial charge in [-0.05, 0) is 13.0 Å². The summed E-state index contributed by atoms with van der Waals surface area (Å²) in [5, 5.41) is 3.80. The minimum atomic E-state index is -4.37. The maximum absolute atomic E-state index is 12.6. The van der Waals surface area contributed by atoms with Crippen LogP contribution in [0.5, 0.6) is 0 Å². The van der Waals surface area contributed by atoms with Gasteiger partial charge in [0.25, 0.3) is 0 Å². The van der Waals surface area contributed by atoms with E-state index in [0.29, 0.717) is 5.69 Å². The Bertz CT molecular complexity index is 513. The molecule has 0 aliphatic heterocycles. The second kappa shape index (κ2) is 2.95. The number of aryl methyl sites for hydroxylation is 2. The van der Waals surface area contributed by atoms with Crippen molar-refractivity contribution in [1.29, 1.82) is 0 Å². The van der Waals surface area contributed by atoms with Crippen LogP contribution < -0.4 is 0 Å². The van der Waals surface area contributed by atoms with Crippen molar-refractivity contribution in [3.05, 3.63) is 23.5 Å². The van der Waals surface area contributed by atoms with E-state index in [-0.39, 0.29) is 11.0 Å². The van der Waals surface area contributed by atoms with Crippen LogP contribution in [-0.4, -0.2) is 14.8 Å². The summed E-state index contributed by atoms with van der Waals surface area (Å²) in [5.41, 5.74) is -0.0983. The third-order valence-electron chi connectivity index (χ3n) is 2.14. The summed E-state index contributed by atoms with van der Waals surface area (Å²) in [5.74, 6) is 0. The molecule has 6 heteroatoms. The maximum Gasteiger partial charge on any atom is 0.417 e. The van der Waals surface area contributed by atoms with E-state index in [0.717, 1.165) is 6.07 Å². The molecule has 2 aromatic rings. The molecular formula is C9H8F3N3. The highest BCUT2D eigenvalue weighted by atomic mass is 19.4. The summed E-state index contributed by atoms with van der Waals surface area (Å²) in [7, 11) is 1.56. The molecule has 3 nitrogen and oxygen atoms in total. The van der Waals surface area contributed by atoms with Crippen molar-refractivity contribution in [2.24, 2.45) is 7.05 Å². The van der Waals surface area contributed by atoms with Crippen LogP contribution >= 0.6 is 0 Å². The minimum Gasteiger partial charge on any atom is -0.250 e. The summed E-state index contributed by atoms with van der Waals surface area (Å²) in [6, 6.07) is 1.03. The molecular weight excluding hydrogens is 207 g/mol. The summed E-state index contributed by atoms with van der Waals surface area (Å²) >= 11 is 0. The largest absolute Gasteiger partial charge is 0.417 e. The molecule has 0 aliphatic rings. The number of nitrogens with zero attached hydrogens (tertiary/aromatic N) is 3. The van der Waals surface area contributed by atoms with Crippen LogP contribution in [0.1, 0.15) is 11.3 Å². The number of halogens is 3. The van der Waals surface area contributed by atoms with Crippen molar-refractivity contribution in [2.45, 2.75) is 13.1 Å². The number of alkyl halides is 3. The Kier molecular flexibility index (Phi) is 1.95. The van der Waals surface area contributed by atoms with Gasteiger partial charge in [0, 0.05) is 12.7 Å². The zero-order chi connectivity index (χ0) is 11.2. The number of rotatable bonds is 0. The zero-order valence-electron chi connectivity index (χ0n) is 8.13. The highest BCUT2D eigenvalue weighted by molar-refractivity contribution is 5.79. The van der Waals surface area contributed by atoms with Crippen molar-refractivity contribution in [3.63, 3.8) is 0 Å². The van der Waals surface area contributed by atoms with Crippen LogP contribution in [0.3, 0.4) is 0 Å². The third kappa shape index (κ3) is 1.55. The second-order valence-corrected chi connectivity index (χ2v) is 3.31. The molecule has 0 spiro atoms. The van der Waals surface area contributed by atoms with Crippen LogP contribution in [0.15, 0.2) is 12.3 Å². The van der Waals surface area contributed by atoms with Gasteiger partial charge in [-0.15, -0.1) is 0 Å². The first-order chi connectivity index (χ1) is 6.89. The number of hydrogen-bond acceptors (Lipinski definition) is 2. The normalized spacial score (nSPS) is 12.3. The summed E-state index contributed by atoms with van der Waals surface area (Å²) in [6.07, 6.45) is -3.18. The number of hydrogen-bond donors (Lipinski definition) is 0. The van der Waals surface area contributed by atoms with Crippen LogP contribution in [0, 0.1) is 6.92 Å². The Balaban J connectivity index is 2.84. The van der Waals surface area contributed by atoms with Crippen molar-refractivity contribution >= 4 is 11.0 Å². The lowest BCUT2D eigenvalue weighted by Crippen LogP contribution is -2.07. The monoisotopic (exact) mass is 215 g/mol. The standard InChI is InChI=1S/C9H8F3N3/c1-5-3-7(9(10,11)12)6-4-13-15(2)8(6)14-5/h3-4H,1-2H3. The maximum atomic E-state index is 12.6. The molecule has 80 valence electrons. The molecule has 0 unspecified atom stereocenters. The van der Waals surface area contributed by atoms with Crippen molar-refractivity contribution in [1.82, 2.24) is 14.8 Å². The second-order valence-electron chi connectivity index (χ2n) is 3.31. The summed E-state index contributed by atoms with van der Waals surface area (Å²) < 4.78 is 39.3. The number of fused-ring (bicyclic) bond motifs is 1. The van der Waals surface area contributed by atoms with E-state index in [2.05, 4.69) is 10.1 Å². The van der Waals surface area contributed by atoms with Crippen molar-refractivity contribution < 1.29 is 13.2 Å². The molecule has 0 saturated carbocycles. The molecule has 0 radical (unpaired) electrons. The van der Waals surface area contributed by atoms with E-state index in [1.54, 1.807) is 7.05 Å². The van der Waals surface area contributed by atoms with Gasteiger partial charge in [-0.1, -0.05) is 0 Å². The Morgan fingerprint density at radius 1 is 1.33 bits per heavy atom. The van der Waals surface area contributed by atoms with Crippen LogP contribution in [0.2, 0.25) is 0 Å². The topological polar surface area (TPSA) is 30.7 Å². The Morgan fingerprint density at radius 3 is 2.60 bits per heavy atom. The molecule has 2 aromatic heterocycles. The van der Waals surface area contributed by atoms with Crippen LogP contribution in [-0.2, 0) is 13.2 Å². The van der Waals surface area contributed by atoms with E-state index in [1.807, 2.05) is 0 Å². The van der Waals surface area contributed by atoms with E-state index >= 15 is 0 Å². The zero-order valence-corrected chi connectivity index (χ0v) is 8.13. The van der Waals surface area contributed by atoms with Gasteiger partial charge < -0.3 is 0 Å². The van der Waals surface area contributed by atoms with Gasteiger partial charge in [-0.25, -0.2) is 4.98 Å². The van der Waals surface area contributed by atoms with Crippen molar-refractivity contribution in [2.75, 3.05) is 0 Å². The predicted octanol–water partition coefficient (Wildman–Crippen LogP) is 2.30. The quantitative estimate of drug-likeness (QED) is 0.675.